The molecule has 1 atom stereocenters. The van der Waals surface area contributed by atoms with Crippen molar-refractivity contribution >= 4 is 29.4 Å². The van der Waals surface area contributed by atoms with Crippen LogP contribution in [0.25, 0.3) is 0 Å². The summed E-state index contributed by atoms with van der Waals surface area (Å²) in [7, 11) is 4.77. The molecule has 1 aliphatic rings. The Kier molecular flexibility index (Phi) is 9.39. The first-order valence-electron chi connectivity index (χ1n) is 12.0. The largest absolute Gasteiger partial charge is 0.465 e. The van der Waals surface area contributed by atoms with Gasteiger partial charge in [-0.2, -0.15) is 0 Å². The average Bonchev–Trinajstić information content (AvgIpc) is 3.14. The number of aryl methyl sites for hydroxylation is 1. The fraction of sp³-hybridized carbons (Fsp3) is 0.429. The zero-order valence-electron chi connectivity index (χ0n) is 22.7. The maximum absolute atomic E-state index is 12.2. The first-order chi connectivity index (χ1) is 16.8. The summed E-state index contributed by atoms with van der Waals surface area (Å²) in [6, 6.07) is 13.2. The van der Waals surface area contributed by atoms with Crippen LogP contribution in [-0.2, 0) is 9.53 Å². The Labute approximate surface area is 214 Å². The van der Waals surface area contributed by atoms with Gasteiger partial charge < -0.3 is 20.3 Å². The summed E-state index contributed by atoms with van der Waals surface area (Å²) in [6.45, 7) is 11.9. The van der Waals surface area contributed by atoms with Gasteiger partial charge in [-0.25, -0.2) is 9.59 Å². The highest BCUT2D eigenvalue weighted by atomic mass is 16.5. The Morgan fingerprint density at radius 2 is 1.67 bits per heavy atom. The minimum Gasteiger partial charge on any atom is -0.465 e. The summed E-state index contributed by atoms with van der Waals surface area (Å²) >= 11 is 0. The van der Waals surface area contributed by atoms with Gasteiger partial charge in [-0.15, -0.1) is 0 Å². The number of urea groups is 1. The normalized spacial score (nSPS) is 16.6. The summed E-state index contributed by atoms with van der Waals surface area (Å²) in [4.78, 5) is 41.5. The van der Waals surface area contributed by atoms with Gasteiger partial charge >= 0.3 is 12.0 Å². The Hall–Kier alpha value is -3.68. The minimum atomic E-state index is -0.813. The number of nitrogens with zero attached hydrogens (tertiary/aromatic N) is 2. The zero-order valence-corrected chi connectivity index (χ0v) is 22.7. The van der Waals surface area contributed by atoms with Crippen LogP contribution in [0.1, 0.15) is 67.6 Å². The second kappa shape index (κ2) is 11.8. The van der Waals surface area contributed by atoms with Crippen LogP contribution in [0, 0.1) is 12.8 Å². The number of amidine groups is 1. The van der Waals surface area contributed by atoms with Crippen LogP contribution in [0.5, 0.6) is 0 Å². The lowest BCUT2D eigenvalue weighted by atomic mass is 9.89. The Morgan fingerprint density at radius 3 is 2.14 bits per heavy atom. The van der Waals surface area contributed by atoms with Crippen LogP contribution >= 0.6 is 0 Å². The number of hydrogen-bond acceptors (Lipinski definition) is 5. The number of amides is 3. The van der Waals surface area contributed by atoms with E-state index in [-0.39, 0.29) is 17.9 Å². The molecule has 3 amide bonds. The van der Waals surface area contributed by atoms with E-state index in [1.54, 1.807) is 27.1 Å². The van der Waals surface area contributed by atoms with Gasteiger partial charge in [0.25, 0.3) is 5.91 Å². The van der Waals surface area contributed by atoms with Crippen molar-refractivity contribution in [2.45, 2.75) is 53.0 Å². The lowest BCUT2D eigenvalue weighted by molar-refractivity contribution is -0.124. The molecule has 36 heavy (non-hydrogen) atoms. The Balaban J connectivity index is 0.000000269. The monoisotopic (exact) mass is 494 g/mol. The van der Waals surface area contributed by atoms with Crippen LogP contribution in [-0.4, -0.2) is 55.4 Å². The third kappa shape index (κ3) is 6.71. The van der Waals surface area contributed by atoms with Gasteiger partial charge in [0.05, 0.1) is 12.7 Å². The first kappa shape index (κ1) is 28.6. The molecule has 2 aromatic carbocycles. The molecule has 0 bridgehead atoms. The third-order valence-corrected chi connectivity index (χ3v) is 6.23. The highest BCUT2D eigenvalue weighted by Gasteiger charge is 2.42. The van der Waals surface area contributed by atoms with Gasteiger partial charge in [-0.1, -0.05) is 51.5 Å². The lowest BCUT2D eigenvalue weighted by Crippen LogP contribution is -2.41. The zero-order chi connectivity index (χ0) is 27.2. The van der Waals surface area contributed by atoms with Gasteiger partial charge in [0.1, 0.15) is 11.4 Å². The second-order valence-electron chi connectivity index (χ2n) is 9.86. The van der Waals surface area contributed by atoms with Crippen molar-refractivity contribution in [2.24, 2.45) is 10.9 Å². The highest BCUT2D eigenvalue weighted by Crippen LogP contribution is 2.28. The number of benzene rings is 2. The van der Waals surface area contributed by atoms with Crippen molar-refractivity contribution in [3.8, 4) is 0 Å². The minimum absolute atomic E-state index is 0.0568. The molecule has 2 aromatic rings. The van der Waals surface area contributed by atoms with E-state index in [4.69, 9.17) is 4.74 Å². The SMILES string of the molecule is CC(C)c1ccc(NC(=O)N(C)C)cc1.COC(=O)c1ccc(C)cc1C1=NC(C)(C(C)C)C(=O)N1. The second-order valence-corrected chi connectivity index (χ2v) is 9.86. The molecule has 8 heteroatoms. The molecule has 0 saturated heterocycles. The molecule has 0 saturated carbocycles. The summed E-state index contributed by atoms with van der Waals surface area (Å²) < 4.78 is 4.80. The molecular weight excluding hydrogens is 456 g/mol. The van der Waals surface area contributed by atoms with E-state index in [0.29, 0.717) is 22.9 Å². The van der Waals surface area contributed by atoms with Crippen LogP contribution in [0.15, 0.2) is 47.5 Å². The Morgan fingerprint density at radius 1 is 1.06 bits per heavy atom. The molecule has 194 valence electrons. The summed E-state index contributed by atoms with van der Waals surface area (Å²) in [5.74, 6) is 0.412. The smallest absolute Gasteiger partial charge is 0.338 e. The fourth-order valence-corrected chi connectivity index (χ4v) is 3.39. The number of rotatable bonds is 5. The molecule has 1 heterocycles. The molecule has 2 N–H and O–H groups in total. The van der Waals surface area contributed by atoms with Crippen molar-refractivity contribution in [2.75, 3.05) is 26.5 Å². The maximum Gasteiger partial charge on any atom is 0.338 e. The topological polar surface area (TPSA) is 100 Å². The third-order valence-electron chi connectivity index (χ3n) is 6.23. The van der Waals surface area contributed by atoms with Gasteiger partial charge in [0.2, 0.25) is 0 Å². The van der Waals surface area contributed by atoms with Crippen molar-refractivity contribution in [3.63, 3.8) is 0 Å². The summed E-state index contributed by atoms with van der Waals surface area (Å²) in [6.07, 6.45) is 0. The van der Waals surface area contributed by atoms with Gasteiger partial charge in [0, 0.05) is 25.3 Å². The molecule has 0 radical (unpaired) electrons. The number of ether oxygens (including phenoxy) is 1. The van der Waals surface area contributed by atoms with E-state index in [2.05, 4.69) is 29.5 Å². The summed E-state index contributed by atoms with van der Waals surface area (Å²) in [5.41, 5.74) is 3.27. The van der Waals surface area contributed by atoms with Crippen LogP contribution in [0.4, 0.5) is 10.5 Å². The number of carbonyl (C=O) groups is 3. The van der Waals surface area contributed by atoms with Crippen LogP contribution in [0.2, 0.25) is 0 Å². The predicted molar refractivity (Wildman–Crippen MR) is 144 cm³/mol. The molecule has 1 aliphatic heterocycles. The number of aliphatic imine (C=N–C) groups is 1. The first-order valence-corrected chi connectivity index (χ1v) is 12.0. The number of hydrogen-bond donors (Lipinski definition) is 2. The molecule has 0 aromatic heterocycles. The average molecular weight is 495 g/mol. The van der Waals surface area contributed by atoms with E-state index in [9.17, 15) is 14.4 Å². The van der Waals surface area contributed by atoms with Crippen molar-refractivity contribution in [3.05, 3.63) is 64.7 Å². The number of esters is 1. The Bertz CT molecular complexity index is 1140. The van der Waals surface area contributed by atoms with E-state index in [1.807, 2.05) is 57.2 Å². The van der Waals surface area contributed by atoms with Crippen molar-refractivity contribution in [1.82, 2.24) is 10.2 Å². The van der Waals surface area contributed by atoms with E-state index >= 15 is 0 Å². The summed E-state index contributed by atoms with van der Waals surface area (Å²) in [5, 5.41) is 5.59. The highest BCUT2D eigenvalue weighted by molar-refractivity contribution is 6.18. The van der Waals surface area contributed by atoms with Crippen molar-refractivity contribution in [1.29, 1.82) is 0 Å². The fourth-order valence-electron chi connectivity index (χ4n) is 3.39. The van der Waals surface area contributed by atoms with Crippen LogP contribution in [0.3, 0.4) is 0 Å². The van der Waals surface area contributed by atoms with Gasteiger partial charge in [-0.05, 0) is 55.5 Å². The van der Waals surface area contributed by atoms with E-state index in [1.165, 1.54) is 17.6 Å². The number of nitrogens with one attached hydrogen (secondary N) is 2. The lowest BCUT2D eigenvalue weighted by Gasteiger charge is -2.21. The standard InChI is InChI=1S/C16H20N2O3.C12H18N2O/c1-9(2)16(4)15(20)17-13(18-16)12-8-10(3)6-7-11(12)14(19)21-5;1-9(2)10-5-7-11(8-6-10)13-12(15)14(3)4/h6-9H,1-5H3,(H,17,18,20);5-9H,1-4H3,(H,13,15). The molecule has 8 nitrogen and oxygen atoms in total. The molecule has 3 rings (SSSR count). The molecule has 0 aliphatic carbocycles. The maximum atomic E-state index is 12.2. The quantitative estimate of drug-likeness (QED) is 0.573. The molecule has 0 fully saturated rings. The van der Waals surface area contributed by atoms with Gasteiger partial charge in [0.15, 0.2) is 0 Å². The van der Waals surface area contributed by atoms with Gasteiger partial charge in [-0.3, -0.25) is 9.79 Å². The van der Waals surface area contributed by atoms with Crippen molar-refractivity contribution < 1.29 is 19.1 Å². The van der Waals surface area contributed by atoms with E-state index < -0.39 is 11.5 Å². The predicted octanol–water partition coefficient (Wildman–Crippen LogP) is 4.98. The number of anilines is 1. The molecule has 1 unspecified atom stereocenters. The van der Waals surface area contributed by atoms with Crippen LogP contribution < -0.4 is 10.6 Å². The number of methoxy groups -OCH3 is 1. The molecule has 0 spiro atoms. The van der Waals surface area contributed by atoms with E-state index in [0.717, 1.165) is 11.3 Å². The molecular formula is C28H38N4O4. The number of carbonyl (C=O) groups excluding carboxylic acids is 3.